The van der Waals surface area contributed by atoms with Crippen molar-refractivity contribution in [1.82, 2.24) is 19.5 Å². The summed E-state index contributed by atoms with van der Waals surface area (Å²) in [5.41, 5.74) is 10.5. The number of furan rings is 1. The molecular formula is C51H30N4OS. The van der Waals surface area contributed by atoms with Gasteiger partial charge in [-0.1, -0.05) is 127 Å². The number of rotatable bonds is 5. The zero-order valence-corrected chi connectivity index (χ0v) is 31.2. The lowest BCUT2D eigenvalue weighted by atomic mass is 10.0. The first-order chi connectivity index (χ1) is 28.2. The molecule has 0 N–H and O–H groups in total. The first kappa shape index (κ1) is 31.9. The Labute approximate surface area is 330 Å². The van der Waals surface area contributed by atoms with Crippen LogP contribution >= 0.6 is 11.3 Å². The van der Waals surface area contributed by atoms with Crippen molar-refractivity contribution in [2.24, 2.45) is 0 Å². The van der Waals surface area contributed by atoms with Crippen molar-refractivity contribution in [3.8, 4) is 51.0 Å². The van der Waals surface area contributed by atoms with Crippen LogP contribution < -0.4 is 0 Å². The topological polar surface area (TPSA) is 56.7 Å². The molecule has 12 rings (SSSR count). The number of hydrogen-bond acceptors (Lipinski definition) is 5. The van der Waals surface area contributed by atoms with E-state index < -0.39 is 0 Å². The molecular weight excluding hydrogens is 717 g/mol. The van der Waals surface area contributed by atoms with E-state index in [-0.39, 0.29) is 0 Å². The van der Waals surface area contributed by atoms with Crippen molar-refractivity contribution >= 4 is 75.3 Å². The van der Waals surface area contributed by atoms with E-state index in [9.17, 15) is 0 Å². The lowest BCUT2D eigenvalue weighted by molar-refractivity contribution is 0.669. The van der Waals surface area contributed by atoms with E-state index in [1.165, 1.54) is 53.1 Å². The predicted molar refractivity (Wildman–Crippen MR) is 236 cm³/mol. The number of hydrogen-bond donors (Lipinski definition) is 0. The maximum absolute atomic E-state index is 6.13. The summed E-state index contributed by atoms with van der Waals surface area (Å²) in [7, 11) is 0. The molecule has 0 aliphatic heterocycles. The molecule has 0 bridgehead atoms. The van der Waals surface area contributed by atoms with Crippen LogP contribution in [0.1, 0.15) is 0 Å². The minimum absolute atomic E-state index is 0.620. The van der Waals surface area contributed by atoms with Crippen molar-refractivity contribution in [3.05, 3.63) is 182 Å². The van der Waals surface area contributed by atoms with Gasteiger partial charge in [-0.05, 0) is 60.2 Å². The monoisotopic (exact) mass is 746 g/mol. The van der Waals surface area contributed by atoms with E-state index in [1.54, 1.807) is 11.3 Å². The number of aromatic nitrogens is 4. The van der Waals surface area contributed by atoms with Crippen LogP contribution in [0.2, 0.25) is 0 Å². The van der Waals surface area contributed by atoms with Crippen LogP contribution in [0.4, 0.5) is 0 Å². The number of fused-ring (bicyclic) bond motifs is 9. The predicted octanol–water partition coefficient (Wildman–Crippen LogP) is 13.9. The van der Waals surface area contributed by atoms with E-state index in [0.29, 0.717) is 17.5 Å². The molecule has 0 saturated carbocycles. The van der Waals surface area contributed by atoms with Gasteiger partial charge in [-0.15, -0.1) is 11.3 Å². The molecule has 0 radical (unpaired) electrons. The first-order valence-electron chi connectivity index (χ1n) is 19.0. The van der Waals surface area contributed by atoms with Crippen LogP contribution in [0, 0.1) is 0 Å². The average Bonchev–Trinajstić information content (AvgIpc) is 3.95. The van der Waals surface area contributed by atoms with E-state index in [1.807, 2.05) is 60.7 Å². The molecule has 5 nitrogen and oxygen atoms in total. The second-order valence-corrected chi connectivity index (χ2v) is 15.5. The zero-order chi connectivity index (χ0) is 37.5. The fraction of sp³-hybridized carbons (Fsp3) is 0. The lowest BCUT2D eigenvalue weighted by Crippen LogP contribution is -2.00. The molecule has 4 heterocycles. The summed E-state index contributed by atoms with van der Waals surface area (Å²) in [4.78, 5) is 15.2. The quantitative estimate of drug-likeness (QED) is 0.176. The number of nitrogens with zero attached hydrogens (tertiary/aromatic N) is 4. The molecule has 0 saturated heterocycles. The second kappa shape index (κ2) is 12.6. The maximum atomic E-state index is 6.13. The van der Waals surface area contributed by atoms with Gasteiger partial charge in [-0.2, -0.15) is 0 Å². The Balaban J connectivity index is 0.998. The Morgan fingerprint density at radius 2 is 0.965 bits per heavy atom. The van der Waals surface area contributed by atoms with Gasteiger partial charge in [0.1, 0.15) is 11.2 Å². The molecule has 8 aromatic carbocycles. The third-order valence-corrected chi connectivity index (χ3v) is 12.2. The van der Waals surface area contributed by atoms with Crippen molar-refractivity contribution in [3.63, 3.8) is 0 Å². The minimum atomic E-state index is 0.620. The number of thiophene rings is 1. The first-order valence-corrected chi connectivity index (χ1v) is 19.8. The maximum Gasteiger partial charge on any atom is 0.164 e. The fourth-order valence-electron chi connectivity index (χ4n) is 8.40. The molecule has 4 aromatic heterocycles. The molecule has 0 atom stereocenters. The normalized spacial score (nSPS) is 11.9. The van der Waals surface area contributed by atoms with Crippen LogP contribution in [0.5, 0.6) is 0 Å². The van der Waals surface area contributed by atoms with Crippen LogP contribution in [-0.4, -0.2) is 19.5 Å². The molecule has 266 valence electrons. The van der Waals surface area contributed by atoms with Gasteiger partial charge in [-0.3, -0.25) is 0 Å². The van der Waals surface area contributed by atoms with Crippen molar-refractivity contribution < 1.29 is 4.42 Å². The highest BCUT2D eigenvalue weighted by atomic mass is 32.1. The molecule has 0 aliphatic carbocycles. The van der Waals surface area contributed by atoms with Gasteiger partial charge in [0, 0.05) is 69.7 Å². The average molecular weight is 747 g/mol. The molecule has 0 amide bonds. The number of benzene rings is 8. The van der Waals surface area contributed by atoms with Crippen molar-refractivity contribution in [2.45, 2.75) is 0 Å². The Hall–Kier alpha value is -7.41. The third kappa shape index (κ3) is 5.12. The summed E-state index contributed by atoms with van der Waals surface area (Å²) in [6.07, 6.45) is 0. The Bertz CT molecular complexity index is 3530. The van der Waals surface area contributed by atoms with Gasteiger partial charge in [-0.25, -0.2) is 15.0 Å². The second-order valence-electron chi connectivity index (χ2n) is 14.4. The third-order valence-electron chi connectivity index (χ3n) is 11.1. The number of para-hydroxylation sites is 4. The SMILES string of the molecule is c1ccc(-c2nc(-c3ccc4c(c3)sc3cc(-c5cccc6c7ccccc7n(-c7ccccc7)c56)ccc34)nc(-c3ccc4oc5ccccc5c4c3)n2)cc1. The fourth-order valence-corrected chi connectivity index (χ4v) is 9.58. The molecule has 0 unspecified atom stereocenters. The van der Waals surface area contributed by atoms with Crippen LogP contribution in [-0.2, 0) is 0 Å². The molecule has 0 aliphatic rings. The van der Waals surface area contributed by atoms with E-state index >= 15 is 0 Å². The molecule has 12 aromatic rings. The molecule has 0 spiro atoms. The van der Waals surface area contributed by atoms with Gasteiger partial charge in [0.05, 0.1) is 11.0 Å². The molecule has 6 heteroatoms. The van der Waals surface area contributed by atoms with Crippen LogP contribution in [0.3, 0.4) is 0 Å². The summed E-state index contributed by atoms with van der Waals surface area (Å²) < 4.78 is 11.0. The highest BCUT2D eigenvalue weighted by Crippen LogP contribution is 2.42. The van der Waals surface area contributed by atoms with Gasteiger partial charge < -0.3 is 8.98 Å². The minimum Gasteiger partial charge on any atom is -0.456 e. The summed E-state index contributed by atoms with van der Waals surface area (Å²) >= 11 is 1.81. The highest BCUT2D eigenvalue weighted by Gasteiger charge is 2.19. The van der Waals surface area contributed by atoms with Gasteiger partial charge in [0.2, 0.25) is 0 Å². The summed E-state index contributed by atoms with van der Waals surface area (Å²) in [5.74, 6) is 1.89. The van der Waals surface area contributed by atoms with E-state index in [2.05, 4.69) is 126 Å². The Morgan fingerprint density at radius 1 is 0.386 bits per heavy atom. The van der Waals surface area contributed by atoms with E-state index in [0.717, 1.165) is 44.3 Å². The van der Waals surface area contributed by atoms with Crippen molar-refractivity contribution in [2.75, 3.05) is 0 Å². The summed E-state index contributed by atoms with van der Waals surface area (Å²) in [6, 6.07) is 64.0. The Kier molecular flexibility index (Phi) is 7.03. The van der Waals surface area contributed by atoms with Gasteiger partial charge in [0.15, 0.2) is 17.5 Å². The smallest absolute Gasteiger partial charge is 0.164 e. The molecule has 0 fully saturated rings. The highest BCUT2D eigenvalue weighted by molar-refractivity contribution is 7.25. The van der Waals surface area contributed by atoms with Gasteiger partial charge >= 0.3 is 0 Å². The summed E-state index contributed by atoms with van der Waals surface area (Å²) in [6.45, 7) is 0. The van der Waals surface area contributed by atoms with E-state index in [4.69, 9.17) is 19.4 Å². The van der Waals surface area contributed by atoms with Crippen LogP contribution in [0.15, 0.2) is 186 Å². The largest absolute Gasteiger partial charge is 0.456 e. The Morgan fingerprint density at radius 3 is 1.75 bits per heavy atom. The van der Waals surface area contributed by atoms with Gasteiger partial charge in [0.25, 0.3) is 0 Å². The standard InChI is InChI=1S/C51H30N4OS/c1-3-12-31(13-4-1)49-52-50(33-24-27-45-42(28-33)38-17-8-10-21-44(38)56-45)54-51(53-49)34-23-26-40-39-25-22-32(29-46(39)57-47(40)30-34)36-18-11-19-41-37-16-7-9-20-43(37)55(48(36)41)35-14-5-2-6-15-35/h1-30H. The zero-order valence-electron chi connectivity index (χ0n) is 30.4. The lowest BCUT2D eigenvalue weighted by Gasteiger charge is -2.11. The molecule has 57 heavy (non-hydrogen) atoms. The summed E-state index contributed by atoms with van der Waals surface area (Å²) in [5, 5.41) is 7.06. The van der Waals surface area contributed by atoms with Crippen LogP contribution in [0.25, 0.3) is 115 Å². The van der Waals surface area contributed by atoms with Crippen molar-refractivity contribution in [1.29, 1.82) is 0 Å².